The molecular formula is C25H23Cl2F2NOS. The van der Waals surface area contributed by atoms with E-state index < -0.39 is 27.2 Å². The SMILES string of the molecule is CS(=O)C(C)(c1cc(F)cc(F)c1)C1CN(C(c2ccc(Cl)cc2)c2ccc(Cl)cc2)C1. The number of likely N-dealkylation sites (tertiary alicyclic amines) is 1. The van der Waals surface area contributed by atoms with Gasteiger partial charge in [-0.15, -0.1) is 0 Å². The molecule has 168 valence electrons. The van der Waals surface area contributed by atoms with Crippen molar-refractivity contribution in [2.45, 2.75) is 17.7 Å². The molecule has 2 unspecified atom stereocenters. The molecule has 2 nitrogen and oxygen atoms in total. The van der Waals surface area contributed by atoms with E-state index in [0.717, 1.165) is 17.2 Å². The van der Waals surface area contributed by atoms with Gasteiger partial charge in [-0.3, -0.25) is 9.11 Å². The van der Waals surface area contributed by atoms with E-state index in [-0.39, 0.29) is 12.0 Å². The molecule has 0 spiro atoms. The molecule has 1 aliphatic heterocycles. The second-order valence-electron chi connectivity index (χ2n) is 8.38. The molecule has 2 atom stereocenters. The zero-order valence-electron chi connectivity index (χ0n) is 17.7. The van der Waals surface area contributed by atoms with E-state index in [4.69, 9.17) is 23.2 Å². The van der Waals surface area contributed by atoms with Crippen molar-refractivity contribution in [2.75, 3.05) is 19.3 Å². The lowest BCUT2D eigenvalue weighted by Gasteiger charge is -2.51. The van der Waals surface area contributed by atoms with E-state index in [0.29, 0.717) is 28.7 Å². The second-order valence-corrected chi connectivity index (χ2v) is 11.0. The first-order valence-corrected chi connectivity index (χ1v) is 12.5. The monoisotopic (exact) mass is 493 g/mol. The fraction of sp³-hybridized carbons (Fsp3) is 0.280. The number of hydrogen-bond donors (Lipinski definition) is 0. The molecule has 0 aliphatic carbocycles. The predicted octanol–water partition coefficient (Wildman–Crippen LogP) is 6.59. The normalized spacial score (nSPS) is 17.7. The topological polar surface area (TPSA) is 20.3 Å². The predicted molar refractivity (Wildman–Crippen MR) is 128 cm³/mol. The van der Waals surface area contributed by atoms with Crippen LogP contribution in [0.1, 0.15) is 29.7 Å². The maximum atomic E-state index is 13.9. The van der Waals surface area contributed by atoms with E-state index in [1.165, 1.54) is 12.1 Å². The molecule has 0 radical (unpaired) electrons. The van der Waals surface area contributed by atoms with Gasteiger partial charge in [-0.1, -0.05) is 47.5 Å². The van der Waals surface area contributed by atoms with Gasteiger partial charge in [-0.05, 0) is 60.0 Å². The summed E-state index contributed by atoms with van der Waals surface area (Å²) in [5, 5.41) is 1.32. The van der Waals surface area contributed by atoms with Crippen LogP contribution in [0.15, 0.2) is 66.7 Å². The van der Waals surface area contributed by atoms with Crippen LogP contribution in [-0.4, -0.2) is 28.5 Å². The van der Waals surface area contributed by atoms with Gasteiger partial charge in [0.25, 0.3) is 0 Å². The van der Waals surface area contributed by atoms with Crippen molar-refractivity contribution in [3.05, 3.63) is 105 Å². The third kappa shape index (κ3) is 4.49. The van der Waals surface area contributed by atoms with Crippen LogP contribution in [0, 0.1) is 17.6 Å². The smallest absolute Gasteiger partial charge is 0.126 e. The van der Waals surface area contributed by atoms with Crippen molar-refractivity contribution in [1.82, 2.24) is 4.90 Å². The molecule has 1 saturated heterocycles. The largest absolute Gasteiger partial charge is 0.292 e. The van der Waals surface area contributed by atoms with Gasteiger partial charge in [-0.25, -0.2) is 8.78 Å². The van der Waals surface area contributed by atoms with Crippen LogP contribution in [-0.2, 0) is 15.5 Å². The standard InChI is InChI=1S/C25H23Cl2F2NOS/c1-25(32(2)31,18-11-22(28)13-23(29)12-18)19-14-30(15-19)24(16-3-7-20(26)8-4-16)17-5-9-21(27)10-6-17/h3-13,19,24H,14-15H2,1-2H3. The van der Waals surface area contributed by atoms with Crippen LogP contribution in [0.2, 0.25) is 10.0 Å². The zero-order chi connectivity index (χ0) is 23.0. The maximum Gasteiger partial charge on any atom is 0.126 e. The minimum atomic E-state index is -1.33. The minimum Gasteiger partial charge on any atom is -0.292 e. The fourth-order valence-corrected chi connectivity index (χ4v) is 5.77. The molecular weight excluding hydrogens is 471 g/mol. The Bertz CT molecular complexity index is 1070. The van der Waals surface area contributed by atoms with Crippen LogP contribution in [0.4, 0.5) is 8.78 Å². The highest BCUT2D eigenvalue weighted by Gasteiger charge is 2.48. The Morgan fingerprint density at radius 2 is 1.34 bits per heavy atom. The molecule has 32 heavy (non-hydrogen) atoms. The molecule has 0 aromatic heterocycles. The van der Waals surface area contributed by atoms with Gasteiger partial charge in [0, 0.05) is 52.2 Å². The number of benzene rings is 3. The summed E-state index contributed by atoms with van der Waals surface area (Å²) in [7, 11) is -1.33. The highest BCUT2D eigenvalue weighted by molar-refractivity contribution is 7.85. The lowest BCUT2D eigenvalue weighted by Crippen LogP contribution is -2.57. The fourth-order valence-electron chi connectivity index (χ4n) is 4.45. The third-order valence-electron chi connectivity index (χ3n) is 6.46. The van der Waals surface area contributed by atoms with Crippen LogP contribution in [0.3, 0.4) is 0 Å². The molecule has 0 amide bonds. The molecule has 3 aromatic carbocycles. The summed E-state index contributed by atoms with van der Waals surface area (Å²) < 4.78 is 39.9. The van der Waals surface area contributed by atoms with Gasteiger partial charge in [-0.2, -0.15) is 0 Å². The Balaban J connectivity index is 1.65. The van der Waals surface area contributed by atoms with E-state index in [2.05, 4.69) is 4.90 Å². The van der Waals surface area contributed by atoms with E-state index in [1.807, 2.05) is 55.5 Å². The second kappa shape index (κ2) is 9.22. The highest BCUT2D eigenvalue weighted by Crippen LogP contribution is 2.45. The first-order chi connectivity index (χ1) is 15.2. The Labute approximate surface area is 199 Å². The summed E-state index contributed by atoms with van der Waals surface area (Å²) in [6, 6.07) is 18.8. The first kappa shape index (κ1) is 23.4. The average molecular weight is 494 g/mol. The van der Waals surface area contributed by atoms with Gasteiger partial charge in [0.15, 0.2) is 0 Å². The molecule has 1 heterocycles. The number of hydrogen-bond acceptors (Lipinski definition) is 2. The molecule has 4 rings (SSSR count). The number of halogens is 4. The Morgan fingerprint density at radius 1 is 0.906 bits per heavy atom. The lowest BCUT2D eigenvalue weighted by molar-refractivity contribution is 0.0452. The van der Waals surface area contributed by atoms with Crippen molar-refractivity contribution in [1.29, 1.82) is 0 Å². The Hall–Kier alpha value is -1.79. The number of rotatable bonds is 6. The van der Waals surface area contributed by atoms with Crippen LogP contribution >= 0.6 is 23.2 Å². The van der Waals surface area contributed by atoms with Crippen LogP contribution < -0.4 is 0 Å². The van der Waals surface area contributed by atoms with Gasteiger partial charge in [0.05, 0.1) is 10.8 Å². The lowest BCUT2D eigenvalue weighted by atomic mass is 9.79. The summed E-state index contributed by atoms with van der Waals surface area (Å²) in [4.78, 5) is 2.28. The Morgan fingerprint density at radius 3 is 1.75 bits per heavy atom. The molecule has 0 saturated carbocycles. The molecule has 1 fully saturated rings. The first-order valence-electron chi connectivity index (χ1n) is 10.2. The third-order valence-corrected chi connectivity index (χ3v) is 8.73. The van der Waals surface area contributed by atoms with Crippen LogP contribution in [0.25, 0.3) is 0 Å². The molecule has 3 aromatic rings. The Kier molecular flexibility index (Phi) is 6.73. The van der Waals surface area contributed by atoms with Crippen molar-refractivity contribution < 1.29 is 13.0 Å². The summed E-state index contributed by atoms with van der Waals surface area (Å²) in [6.07, 6.45) is 1.60. The van der Waals surface area contributed by atoms with Crippen molar-refractivity contribution in [2.24, 2.45) is 5.92 Å². The quantitative estimate of drug-likeness (QED) is 0.386. The van der Waals surface area contributed by atoms with E-state index >= 15 is 0 Å². The average Bonchev–Trinajstić information content (AvgIpc) is 2.71. The molecule has 0 bridgehead atoms. The summed E-state index contributed by atoms with van der Waals surface area (Å²) in [5.74, 6) is -1.35. The van der Waals surface area contributed by atoms with Gasteiger partial charge in [0.2, 0.25) is 0 Å². The summed E-state index contributed by atoms with van der Waals surface area (Å²) in [6.45, 7) is 3.09. The van der Waals surface area contributed by atoms with Crippen molar-refractivity contribution in [3.8, 4) is 0 Å². The van der Waals surface area contributed by atoms with E-state index in [9.17, 15) is 13.0 Å². The van der Waals surface area contributed by atoms with Crippen molar-refractivity contribution >= 4 is 34.0 Å². The zero-order valence-corrected chi connectivity index (χ0v) is 20.0. The summed E-state index contributed by atoms with van der Waals surface area (Å²) >= 11 is 12.2. The maximum absolute atomic E-state index is 13.9. The van der Waals surface area contributed by atoms with Gasteiger partial charge < -0.3 is 0 Å². The van der Waals surface area contributed by atoms with Gasteiger partial charge in [0.1, 0.15) is 11.6 Å². The molecule has 1 aliphatic rings. The highest BCUT2D eigenvalue weighted by atomic mass is 35.5. The van der Waals surface area contributed by atoms with Crippen LogP contribution in [0.5, 0.6) is 0 Å². The summed E-state index contributed by atoms with van der Waals surface area (Å²) in [5.41, 5.74) is 2.58. The molecule has 7 heteroatoms. The molecule has 0 N–H and O–H groups in total. The minimum absolute atomic E-state index is 0.0309. The van der Waals surface area contributed by atoms with E-state index in [1.54, 1.807) is 6.26 Å². The van der Waals surface area contributed by atoms with Crippen molar-refractivity contribution in [3.63, 3.8) is 0 Å². The van der Waals surface area contributed by atoms with Gasteiger partial charge >= 0.3 is 0 Å². The number of nitrogens with zero attached hydrogens (tertiary/aromatic N) is 1.